The quantitative estimate of drug-likeness (QED) is 0.373. The molecular formula is C30H36O4. The molecule has 0 aliphatic heterocycles. The van der Waals surface area contributed by atoms with Gasteiger partial charge in [-0.3, -0.25) is 4.79 Å². The van der Waals surface area contributed by atoms with E-state index in [1.54, 1.807) is 0 Å². The summed E-state index contributed by atoms with van der Waals surface area (Å²) in [5.74, 6) is 2.49. The van der Waals surface area contributed by atoms with Crippen LogP contribution in [0.4, 0.5) is 0 Å². The zero-order valence-electron chi connectivity index (χ0n) is 20.3. The molecule has 4 aliphatic carbocycles. The molecule has 0 heterocycles. The lowest BCUT2D eigenvalue weighted by molar-refractivity contribution is -0.174. The molecule has 1 aromatic carbocycles. The molecule has 3 fully saturated rings. The highest BCUT2D eigenvalue weighted by molar-refractivity contribution is 5.91. The Labute approximate surface area is 203 Å². The van der Waals surface area contributed by atoms with Crippen molar-refractivity contribution >= 4 is 11.8 Å². The van der Waals surface area contributed by atoms with E-state index in [9.17, 15) is 9.59 Å². The summed E-state index contributed by atoms with van der Waals surface area (Å²) in [6.07, 6.45) is 11.1. The third kappa shape index (κ3) is 3.57. The van der Waals surface area contributed by atoms with Gasteiger partial charge in [0, 0.05) is 11.8 Å². The Morgan fingerprint density at radius 1 is 1.18 bits per heavy atom. The zero-order chi connectivity index (χ0) is 23.9. The highest BCUT2D eigenvalue weighted by atomic mass is 16.6. The van der Waals surface area contributed by atoms with Gasteiger partial charge in [-0.15, -0.1) is 0 Å². The summed E-state index contributed by atoms with van der Waals surface area (Å²) in [5, 5.41) is 0. The number of esters is 1. The second-order valence-electron chi connectivity index (χ2n) is 10.7. The fourth-order valence-corrected chi connectivity index (χ4v) is 8.10. The van der Waals surface area contributed by atoms with Crippen LogP contribution in [-0.2, 0) is 14.3 Å². The van der Waals surface area contributed by atoms with E-state index in [-0.39, 0.29) is 23.8 Å². The molecule has 0 spiro atoms. The van der Waals surface area contributed by atoms with Crippen LogP contribution >= 0.6 is 0 Å². The van der Waals surface area contributed by atoms with Gasteiger partial charge in [-0.1, -0.05) is 49.4 Å². The van der Waals surface area contributed by atoms with E-state index in [2.05, 4.69) is 20.1 Å². The summed E-state index contributed by atoms with van der Waals surface area (Å²) < 4.78 is 12.0. The first kappa shape index (κ1) is 23.1. The molecule has 4 heteroatoms. The Kier molecular flexibility index (Phi) is 6.03. The summed E-state index contributed by atoms with van der Waals surface area (Å²) in [5.41, 5.74) is 1.75. The number of hydrogen-bond donors (Lipinski definition) is 0. The fourth-order valence-electron chi connectivity index (χ4n) is 8.10. The molecular weight excluding hydrogens is 424 g/mol. The third-order valence-electron chi connectivity index (χ3n) is 9.45. The number of rotatable bonds is 6. The number of fused-ring (bicyclic) bond motifs is 5. The molecule has 0 N–H and O–H groups in total. The van der Waals surface area contributed by atoms with E-state index in [1.165, 1.54) is 11.1 Å². The maximum atomic E-state index is 13.0. The van der Waals surface area contributed by atoms with Crippen LogP contribution in [0, 0.1) is 29.1 Å². The van der Waals surface area contributed by atoms with Crippen LogP contribution in [0.25, 0.3) is 0 Å². The van der Waals surface area contributed by atoms with Gasteiger partial charge in [-0.25, -0.2) is 4.79 Å². The van der Waals surface area contributed by atoms with Crippen LogP contribution in [0.5, 0.6) is 5.75 Å². The van der Waals surface area contributed by atoms with Gasteiger partial charge in [0.15, 0.2) is 12.4 Å². The lowest BCUT2D eigenvalue weighted by Gasteiger charge is -2.57. The molecule has 180 valence electrons. The van der Waals surface area contributed by atoms with Crippen LogP contribution < -0.4 is 4.74 Å². The molecule has 34 heavy (non-hydrogen) atoms. The number of hydrogen-bond acceptors (Lipinski definition) is 4. The second kappa shape index (κ2) is 8.87. The van der Waals surface area contributed by atoms with Crippen LogP contribution in [0.1, 0.15) is 58.3 Å². The van der Waals surface area contributed by atoms with Crippen LogP contribution in [0.15, 0.2) is 66.8 Å². The average Bonchev–Trinajstić information content (AvgIpc) is 3.17. The molecule has 3 saturated carbocycles. The topological polar surface area (TPSA) is 52.6 Å². The Morgan fingerprint density at radius 3 is 2.71 bits per heavy atom. The lowest BCUT2D eigenvalue weighted by atomic mass is 9.48. The SMILES string of the molecule is C=C[C@]1(OC(=O)COc2ccccc2)CCC2C3CCC4=CC(=O)CCC4C3C(=C)C[C@@]21CC. The van der Waals surface area contributed by atoms with E-state index in [1.807, 2.05) is 42.5 Å². The number of ether oxygens (including phenoxy) is 2. The molecule has 0 radical (unpaired) electrons. The van der Waals surface area contributed by atoms with E-state index in [0.29, 0.717) is 35.8 Å². The minimum absolute atomic E-state index is 0.110. The first-order chi connectivity index (χ1) is 16.4. The smallest absolute Gasteiger partial charge is 0.345 e. The Balaban J connectivity index is 1.39. The van der Waals surface area contributed by atoms with Crippen molar-refractivity contribution in [1.82, 2.24) is 0 Å². The summed E-state index contributed by atoms with van der Waals surface area (Å²) in [4.78, 5) is 25.0. The first-order valence-electron chi connectivity index (χ1n) is 12.9. The normalized spacial score (nSPS) is 36.6. The molecule has 1 aromatic rings. The second-order valence-corrected chi connectivity index (χ2v) is 10.7. The van der Waals surface area contributed by atoms with Crippen molar-refractivity contribution in [3.63, 3.8) is 0 Å². The molecule has 0 aromatic heterocycles. The molecule has 5 rings (SSSR count). The van der Waals surface area contributed by atoms with E-state index in [4.69, 9.17) is 9.47 Å². The average molecular weight is 461 g/mol. The number of ketones is 1. The van der Waals surface area contributed by atoms with Crippen molar-refractivity contribution in [2.24, 2.45) is 29.1 Å². The maximum Gasteiger partial charge on any atom is 0.345 e. The predicted molar refractivity (Wildman–Crippen MR) is 132 cm³/mol. The number of para-hydroxylation sites is 1. The van der Waals surface area contributed by atoms with Gasteiger partial charge < -0.3 is 9.47 Å². The minimum atomic E-state index is -0.698. The highest BCUT2D eigenvalue weighted by Crippen LogP contribution is 2.68. The van der Waals surface area contributed by atoms with Gasteiger partial charge in [0.05, 0.1) is 0 Å². The van der Waals surface area contributed by atoms with E-state index in [0.717, 1.165) is 44.9 Å². The van der Waals surface area contributed by atoms with Crippen molar-refractivity contribution in [2.75, 3.05) is 6.61 Å². The maximum absolute atomic E-state index is 13.0. The zero-order valence-corrected chi connectivity index (χ0v) is 20.3. The predicted octanol–water partition coefficient (Wildman–Crippen LogP) is 6.23. The summed E-state index contributed by atoms with van der Waals surface area (Å²) in [7, 11) is 0. The Hall–Kier alpha value is -2.62. The van der Waals surface area contributed by atoms with Crippen LogP contribution in [-0.4, -0.2) is 24.0 Å². The van der Waals surface area contributed by atoms with E-state index < -0.39 is 5.60 Å². The van der Waals surface area contributed by atoms with Crippen LogP contribution in [0.3, 0.4) is 0 Å². The Morgan fingerprint density at radius 2 is 1.97 bits per heavy atom. The largest absolute Gasteiger partial charge is 0.482 e. The lowest BCUT2D eigenvalue weighted by Crippen LogP contribution is -2.55. The number of benzene rings is 1. The number of carbonyl (C=O) groups excluding carboxylic acids is 2. The van der Waals surface area contributed by atoms with Gasteiger partial charge in [-0.05, 0) is 92.9 Å². The number of carbonyl (C=O) groups is 2. The van der Waals surface area contributed by atoms with Gasteiger partial charge in [0.2, 0.25) is 0 Å². The fraction of sp³-hybridized carbons (Fsp3) is 0.533. The van der Waals surface area contributed by atoms with Crippen LogP contribution in [0.2, 0.25) is 0 Å². The first-order valence-corrected chi connectivity index (χ1v) is 12.9. The van der Waals surface area contributed by atoms with E-state index >= 15 is 0 Å². The summed E-state index contributed by atoms with van der Waals surface area (Å²) >= 11 is 0. The molecule has 0 bridgehead atoms. The van der Waals surface area contributed by atoms with Crippen molar-refractivity contribution in [1.29, 1.82) is 0 Å². The standard InChI is InChI=1S/C30H36O4/c1-4-29-18-20(3)28-24-14-12-22(31)17-21(24)11-13-25(28)26(29)15-16-30(29,5-2)34-27(32)19-33-23-9-7-6-8-10-23/h5-10,17,24-26,28H,2-4,11-16,18-19H2,1H3/t24?,25?,26?,28?,29-,30-/m0/s1. The monoisotopic (exact) mass is 460 g/mol. The molecule has 4 nitrogen and oxygen atoms in total. The molecule has 4 unspecified atom stereocenters. The third-order valence-corrected chi connectivity index (χ3v) is 9.45. The van der Waals surface area contributed by atoms with Crippen molar-refractivity contribution in [3.8, 4) is 5.75 Å². The molecule has 0 saturated heterocycles. The molecule has 6 atom stereocenters. The summed E-state index contributed by atoms with van der Waals surface area (Å²) in [6, 6.07) is 9.37. The van der Waals surface area contributed by atoms with Gasteiger partial charge in [0.25, 0.3) is 0 Å². The van der Waals surface area contributed by atoms with Crippen molar-refractivity contribution in [3.05, 3.63) is 66.8 Å². The molecule has 4 aliphatic rings. The van der Waals surface area contributed by atoms with Gasteiger partial charge >= 0.3 is 5.97 Å². The minimum Gasteiger partial charge on any atom is -0.482 e. The molecule has 0 amide bonds. The summed E-state index contributed by atoms with van der Waals surface area (Å²) in [6.45, 7) is 10.9. The highest BCUT2D eigenvalue weighted by Gasteiger charge is 2.65. The van der Waals surface area contributed by atoms with Crippen molar-refractivity contribution in [2.45, 2.75) is 63.9 Å². The van der Waals surface area contributed by atoms with Crippen molar-refractivity contribution < 1.29 is 19.1 Å². The number of allylic oxidation sites excluding steroid dienone is 2. The van der Waals surface area contributed by atoms with Gasteiger partial charge in [0.1, 0.15) is 11.4 Å². The van der Waals surface area contributed by atoms with Gasteiger partial charge in [-0.2, -0.15) is 0 Å². The Bertz CT molecular complexity index is 1020.